The molecule has 0 radical (unpaired) electrons. The van der Waals surface area contributed by atoms with Crippen LogP contribution in [0.3, 0.4) is 0 Å². The van der Waals surface area contributed by atoms with Crippen molar-refractivity contribution in [3.05, 3.63) is 41.1 Å². The molecule has 0 amide bonds. The first-order valence-corrected chi connectivity index (χ1v) is 6.80. The zero-order valence-electron chi connectivity index (χ0n) is 12.1. The zero-order chi connectivity index (χ0) is 14.2. The number of rotatable bonds is 1. The number of aryl methyl sites for hydroxylation is 2. The van der Waals surface area contributed by atoms with E-state index in [0.29, 0.717) is 5.05 Å². The smallest absolute Gasteiger partial charge is 0.193 e. The first-order chi connectivity index (χ1) is 8.79. The molecule has 0 saturated heterocycles. The van der Waals surface area contributed by atoms with E-state index < -0.39 is 0 Å². The fourth-order valence-electron chi connectivity index (χ4n) is 2.16. The van der Waals surface area contributed by atoms with Gasteiger partial charge in [-0.25, -0.2) is 0 Å². The molecular formula is C16H19NOS. The van der Waals surface area contributed by atoms with Gasteiger partial charge >= 0.3 is 0 Å². The second-order valence-electron chi connectivity index (χ2n) is 5.72. The molecule has 0 aliphatic carbocycles. The lowest BCUT2D eigenvalue weighted by Crippen LogP contribution is -2.24. The Kier molecular flexibility index (Phi) is 3.59. The molecule has 1 aromatic heterocycles. The molecule has 1 aromatic carbocycles. The van der Waals surface area contributed by atoms with Crippen LogP contribution in [0.25, 0.3) is 10.9 Å². The van der Waals surface area contributed by atoms with Gasteiger partial charge in [0.15, 0.2) is 5.05 Å². The van der Waals surface area contributed by atoms with Crippen molar-refractivity contribution in [1.82, 2.24) is 4.98 Å². The van der Waals surface area contributed by atoms with Crippen molar-refractivity contribution in [2.75, 3.05) is 0 Å². The number of benzene rings is 1. The van der Waals surface area contributed by atoms with E-state index in [1.807, 2.05) is 45.9 Å². The molecule has 2 nitrogen and oxygen atoms in total. The molecule has 0 atom stereocenters. The van der Waals surface area contributed by atoms with E-state index in [0.717, 1.165) is 27.7 Å². The van der Waals surface area contributed by atoms with Crippen molar-refractivity contribution in [1.29, 1.82) is 0 Å². The van der Waals surface area contributed by atoms with E-state index in [1.165, 1.54) is 0 Å². The van der Waals surface area contributed by atoms with Crippen LogP contribution in [-0.2, 0) is 4.74 Å². The minimum atomic E-state index is -0.290. The molecule has 0 spiro atoms. The summed E-state index contributed by atoms with van der Waals surface area (Å²) in [5.41, 5.74) is 3.72. The third-order valence-corrected chi connectivity index (χ3v) is 3.22. The van der Waals surface area contributed by atoms with Gasteiger partial charge in [-0.3, -0.25) is 4.98 Å². The van der Waals surface area contributed by atoms with Crippen molar-refractivity contribution in [3.8, 4) is 0 Å². The van der Waals surface area contributed by atoms with Gasteiger partial charge in [0, 0.05) is 5.39 Å². The van der Waals surface area contributed by atoms with Gasteiger partial charge < -0.3 is 4.74 Å². The Bertz CT molecular complexity index is 641. The Morgan fingerprint density at radius 3 is 2.42 bits per heavy atom. The Labute approximate surface area is 119 Å². The third kappa shape index (κ3) is 2.92. The average molecular weight is 273 g/mol. The van der Waals surface area contributed by atoms with Gasteiger partial charge in [-0.1, -0.05) is 18.2 Å². The van der Waals surface area contributed by atoms with Crippen molar-refractivity contribution in [3.63, 3.8) is 0 Å². The van der Waals surface area contributed by atoms with Crippen LogP contribution in [0.1, 0.15) is 37.6 Å². The standard InChI is InChI=1S/C16H19NOS/c1-10-12-8-6-7-9-13(12)17-11(2)14(10)15(19)18-16(3,4)5/h6-9H,1-5H3. The topological polar surface area (TPSA) is 22.1 Å². The number of pyridine rings is 1. The van der Waals surface area contributed by atoms with Crippen LogP contribution in [0, 0.1) is 13.8 Å². The molecule has 2 aromatic rings. The molecule has 0 fully saturated rings. The lowest BCUT2D eigenvalue weighted by molar-refractivity contribution is 0.122. The Morgan fingerprint density at radius 2 is 1.79 bits per heavy atom. The van der Waals surface area contributed by atoms with Crippen molar-refractivity contribution >= 4 is 28.2 Å². The van der Waals surface area contributed by atoms with Gasteiger partial charge in [-0.05, 0) is 58.5 Å². The molecule has 1 heterocycles. The second kappa shape index (κ2) is 4.89. The summed E-state index contributed by atoms with van der Waals surface area (Å²) >= 11 is 5.44. The summed E-state index contributed by atoms with van der Waals surface area (Å²) < 4.78 is 5.83. The lowest BCUT2D eigenvalue weighted by Gasteiger charge is -2.23. The molecule has 19 heavy (non-hydrogen) atoms. The van der Waals surface area contributed by atoms with Gasteiger partial charge in [0.2, 0.25) is 0 Å². The van der Waals surface area contributed by atoms with E-state index in [-0.39, 0.29) is 5.60 Å². The number of aromatic nitrogens is 1. The predicted octanol–water partition coefficient (Wildman–Crippen LogP) is 4.34. The quantitative estimate of drug-likeness (QED) is 0.721. The summed E-state index contributed by atoms with van der Waals surface area (Å²) in [5.74, 6) is 0. The highest BCUT2D eigenvalue weighted by molar-refractivity contribution is 7.80. The fraction of sp³-hybridized carbons (Fsp3) is 0.375. The molecule has 0 N–H and O–H groups in total. The highest BCUT2D eigenvalue weighted by Gasteiger charge is 2.19. The molecule has 0 aliphatic rings. The normalized spacial score (nSPS) is 11.6. The monoisotopic (exact) mass is 273 g/mol. The highest BCUT2D eigenvalue weighted by Crippen LogP contribution is 2.25. The van der Waals surface area contributed by atoms with Crippen molar-refractivity contribution in [2.24, 2.45) is 0 Å². The summed E-state index contributed by atoms with van der Waals surface area (Å²) in [7, 11) is 0. The Hall–Kier alpha value is -1.48. The molecule has 0 bridgehead atoms. The van der Waals surface area contributed by atoms with E-state index in [4.69, 9.17) is 17.0 Å². The predicted molar refractivity (Wildman–Crippen MR) is 83.8 cm³/mol. The van der Waals surface area contributed by atoms with Gasteiger partial charge in [0.05, 0.1) is 16.8 Å². The summed E-state index contributed by atoms with van der Waals surface area (Å²) in [6.45, 7) is 10.0. The maximum atomic E-state index is 5.83. The maximum Gasteiger partial charge on any atom is 0.193 e. The molecule has 0 saturated carbocycles. The van der Waals surface area contributed by atoms with Crippen LogP contribution in [0.4, 0.5) is 0 Å². The van der Waals surface area contributed by atoms with E-state index >= 15 is 0 Å². The third-order valence-electron chi connectivity index (χ3n) is 2.94. The Morgan fingerprint density at radius 1 is 1.16 bits per heavy atom. The average Bonchev–Trinajstić information content (AvgIpc) is 2.26. The number of thiocarbonyl (C=S) groups is 1. The minimum absolute atomic E-state index is 0.290. The van der Waals surface area contributed by atoms with Crippen LogP contribution in [0.5, 0.6) is 0 Å². The summed E-state index contributed by atoms with van der Waals surface area (Å²) in [5, 5.41) is 1.66. The van der Waals surface area contributed by atoms with Crippen LogP contribution in [0.2, 0.25) is 0 Å². The lowest BCUT2D eigenvalue weighted by atomic mass is 10.0. The molecule has 3 heteroatoms. The fourth-order valence-corrected chi connectivity index (χ4v) is 2.71. The number of nitrogens with zero attached hydrogens (tertiary/aromatic N) is 1. The van der Waals surface area contributed by atoms with Gasteiger partial charge in [-0.15, -0.1) is 0 Å². The molecule has 100 valence electrons. The van der Waals surface area contributed by atoms with Gasteiger partial charge in [0.1, 0.15) is 5.60 Å². The first kappa shape index (κ1) is 13.9. The second-order valence-corrected chi connectivity index (χ2v) is 6.09. The van der Waals surface area contributed by atoms with Gasteiger partial charge in [-0.2, -0.15) is 0 Å². The largest absolute Gasteiger partial charge is 0.477 e. The number of hydrogen-bond donors (Lipinski definition) is 0. The zero-order valence-corrected chi connectivity index (χ0v) is 12.9. The van der Waals surface area contributed by atoms with Gasteiger partial charge in [0.25, 0.3) is 0 Å². The molecule has 2 rings (SSSR count). The summed E-state index contributed by atoms with van der Waals surface area (Å²) in [6, 6.07) is 8.11. The number of fused-ring (bicyclic) bond motifs is 1. The van der Waals surface area contributed by atoms with Crippen LogP contribution < -0.4 is 0 Å². The highest BCUT2D eigenvalue weighted by atomic mass is 32.1. The van der Waals surface area contributed by atoms with Crippen LogP contribution >= 0.6 is 12.2 Å². The Balaban J connectivity index is 2.58. The number of para-hydroxylation sites is 1. The maximum absolute atomic E-state index is 5.83. The summed E-state index contributed by atoms with van der Waals surface area (Å²) in [4.78, 5) is 4.62. The number of hydrogen-bond acceptors (Lipinski definition) is 3. The minimum Gasteiger partial charge on any atom is -0.477 e. The summed E-state index contributed by atoms with van der Waals surface area (Å²) in [6.07, 6.45) is 0. The van der Waals surface area contributed by atoms with Crippen LogP contribution in [0.15, 0.2) is 24.3 Å². The number of ether oxygens (including phenoxy) is 1. The molecular weight excluding hydrogens is 254 g/mol. The van der Waals surface area contributed by atoms with Crippen molar-refractivity contribution < 1.29 is 4.74 Å². The SMILES string of the molecule is Cc1nc2ccccc2c(C)c1C(=S)OC(C)(C)C. The molecule has 0 aliphatic heterocycles. The molecule has 0 unspecified atom stereocenters. The van der Waals surface area contributed by atoms with Crippen molar-refractivity contribution in [2.45, 2.75) is 40.2 Å². The van der Waals surface area contributed by atoms with E-state index in [2.05, 4.69) is 18.0 Å². The van der Waals surface area contributed by atoms with Crippen LogP contribution in [-0.4, -0.2) is 15.6 Å². The van der Waals surface area contributed by atoms with E-state index in [1.54, 1.807) is 0 Å². The van der Waals surface area contributed by atoms with E-state index in [9.17, 15) is 0 Å². The first-order valence-electron chi connectivity index (χ1n) is 6.39.